The van der Waals surface area contributed by atoms with Crippen LogP contribution >= 0.6 is 7.59 Å². The van der Waals surface area contributed by atoms with Crippen molar-refractivity contribution in [1.29, 1.82) is 0 Å². The first-order valence-electron chi connectivity index (χ1n) is 10.3. The van der Waals surface area contributed by atoms with Crippen LogP contribution in [0.25, 0.3) is 0 Å². The van der Waals surface area contributed by atoms with E-state index < -0.39 is 7.59 Å². The molecule has 1 saturated carbocycles. The lowest BCUT2D eigenvalue weighted by Crippen LogP contribution is -2.43. The molecule has 0 aromatic heterocycles. The molecule has 0 radical (unpaired) electrons. The van der Waals surface area contributed by atoms with Gasteiger partial charge in [-0.3, -0.25) is 4.57 Å². The summed E-state index contributed by atoms with van der Waals surface area (Å²) < 4.78 is 19.2. The lowest BCUT2D eigenvalue weighted by atomic mass is 9.89. The van der Waals surface area contributed by atoms with E-state index in [1.807, 2.05) is 0 Å². The Bertz CT molecular complexity index is 647. The number of hydrogen-bond donors (Lipinski definition) is 1. The number of nitrogens with zero attached hydrogens (tertiary/aromatic N) is 2. The molecule has 1 N–H and O–H groups in total. The number of rotatable bonds is 5. The molecule has 1 heterocycles. The zero-order valence-electron chi connectivity index (χ0n) is 17.3. The average molecular weight is 378 g/mol. The molecule has 1 aromatic rings. The van der Waals surface area contributed by atoms with E-state index in [0.29, 0.717) is 12.1 Å². The summed E-state index contributed by atoms with van der Waals surface area (Å²) in [5.41, 5.74) is 2.46. The van der Waals surface area contributed by atoms with E-state index in [1.165, 1.54) is 24.0 Å². The van der Waals surface area contributed by atoms with Gasteiger partial charge in [-0.1, -0.05) is 42.7 Å². The highest BCUT2D eigenvalue weighted by Crippen LogP contribution is 2.63. The van der Waals surface area contributed by atoms with E-state index >= 15 is 0 Å². The van der Waals surface area contributed by atoms with Crippen LogP contribution in [0.3, 0.4) is 0 Å². The fourth-order valence-corrected chi connectivity index (χ4v) is 8.78. The van der Waals surface area contributed by atoms with Gasteiger partial charge in [-0.2, -0.15) is 0 Å². The van der Waals surface area contributed by atoms with E-state index in [2.05, 4.69) is 80.2 Å². The molecule has 0 spiro atoms. The highest BCUT2D eigenvalue weighted by Gasteiger charge is 2.57. The molecule has 26 heavy (non-hydrogen) atoms. The highest BCUT2D eigenvalue weighted by atomic mass is 31.2. The molecular formula is C21H36N3OP. The van der Waals surface area contributed by atoms with Crippen LogP contribution in [0.1, 0.15) is 77.5 Å². The molecule has 1 aromatic carbocycles. The first kappa shape index (κ1) is 20.1. The third-order valence-corrected chi connectivity index (χ3v) is 9.45. The molecule has 146 valence electrons. The molecule has 0 unspecified atom stereocenters. The van der Waals surface area contributed by atoms with E-state index in [0.717, 1.165) is 12.8 Å². The van der Waals surface area contributed by atoms with Crippen molar-refractivity contribution in [3.05, 3.63) is 35.4 Å². The van der Waals surface area contributed by atoms with Gasteiger partial charge in [0.15, 0.2) is 0 Å². The number of nitrogens with one attached hydrogen (secondary N) is 1. The van der Waals surface area contributed by atoms with E-state index in [1.54, 1.807) is 0 Å². The second kappa shape index (κ2) is 7.75. The Hall–Kier alpha value is -0.670. The SMILES string of the molecule is Cc1cccc([C@@H](C)NP2(=O)N(C(C)C)[C@@H]3CCCC[C@H]3N2C(C)C)c1. The van der Waals surface area contributed by atoms with Crippen molar-refractivity contribution in [2.75, 3.05) is 0 Å². The van der Waals surface area contributed by atoms with Crippen molar-refractivity contribution >= 4 is 7.59 Å². The van der Waals surface area contributed by atoms with Gasteiger partial charge in [0, 0.05) is 30.2 Å². The summed E-state index contributed by atoms with van der Waals surface area (Å²) in [5.74, 6) is 0. The molecule has 2 fully saturated rings. The van der Waals surface area contributed by atoms with Gasteiger partial charge in [-0.05, 0) is 59.9 Å². The summed E-state index contributed by atoms with van der Waals surface area (Å²) in [5, 5.41) is 3.63. The second-order valence-corrected chi connectivity index (χ2v) is 10.9. The maximum Gasteiger partial charge on any atom is 0.285 e. The normalized spacial score (nSPS) is 27.8. The Morgan fingerprint density at radius 3 is 2.00 bits per heavy atom. The maximum absolute atomic E-state index is 14.5. The average Bonchev–Trinajstić information content (AvgIpc) is 2.82. The minimum Gasteiger partial charge on any atom is -0.270 e. The second-order valence-electron chi connectivity index (χ2n) is 8.68. The van der Waals surface area contributed by atoms with E-state index in [4.69, 9.17) is 0 Å². The van der Waals surface area contributed by atoms with Gasteiger partial charge in [0.05, 0.1) is 0 Å². The third-order valence-electron chi connectivity index (χ3n) is 5.96. The van der Waals surface area contributed by atoms with Crippen LogP contribution in [0.5, 0.6) is 0 Å². The first-order chi connectivity index (χ1) is 12.3. The molecule has 4 nitrogen and oxygen atoms in total. The van der Waals surface area contributed by atoms with Crippen molar-refractivity contribution in [3.63, 3.8) is 0 Å². The summed E-state index contributed by atoms with van der Waals surface area (Å²) in [6.45, 7) is 13.0. The van der Waals surface area contributed by atoms with Crippen molar-refractivity contribution in [2.45, 2.75) is 97.4 Å². The Balaban J connectivity index is 1.97. The molecule has 0 amide bonds. The molecule has 1 saturated heterocycles. The summed E-state index contributed by atoms with van der Waals surface area (Å²) >= 11 is 0. The number of fused-ring (bicyclic) bond motifs is 1. The van der Waals surface area contributed by atoms with Crippen molar-refractivity contribution in [2.24, 2.45) is 0 Å². The Morgan fingerprint density at radius 1 is 1.00 bits per heavy atom. The van der Waals surface area contributed by atoms with Crippen LogP contribution in [-0.2, 0) is 4.57 Å². The lowest BCUT2D eigenvalue weighted by Gasteiger charge is -2.38. The van der Waals surface area contributed by atoms with Gasteiger partial charge < -0.3 is 0 Å². The van der Waals surface area contributed by atoms with Crippen LogP contribution < -0.4 is 5.09 Å². The standard InChI is InChI=1S/C21H36N3OP/c1-15(2)23-20-12-7-8-13-21(20)24(16(3)4)26(23,25)22-18(6)19-11-9-10-17(5)14-19/h9-11,14-16,18,20-21H,7-8,12-13H2,1-6H3,(H,22,25)/t18-,20-,21-/m1/s1. The van der Waals surface area contributed by atoms with Crippen molar-refractivity contribution in [1.82, 2.24) is 14.4 Å². The summed E-state index contributed by atoms with van der Waals surface area (Å²) in [7, 11) is -2.83. The van der Waals surface area contributed by atoms with Gasteiger partial charge in [0.25, 0.3) is 7.59 Å². The topological polar surface area (TPSA) is 35.6 Å². The number of hydrogen-bond acceptors (Lipinski definition) is 1. The van der Waals surface area contributed by atoms with Crippen LogP contribution in [0.15, 0.2) is 24.3 Å². The molecule has 1 aliphatic heterocycles. The van der Waals surface area contributed by atoms with Gasteiger partial charge in [0.1, 0.15) is 0 Å². The van der Waals surface area contributed by atoms with Gasteiger partial charge in [0.2, 0.25) is 0 Å². The molecule has 5 heteroatoms. The third kappa shape index (κ3) is 3.54. The Labute approximate surface area is 159 Å². The van der Waals surface area contributed by atoms with Crippen molar-refractivity contribution < 1.29 is 4.57 Å². The van der Waals surface area contributed by atoms with Crippen LogP contribution in [-0.4, -0.2) is 33.5 Å². The van der Waals surface area contributed by atoms with Gasteiger partial charge in [-0.15, -0.1) is 0 Å². The molecule has 2 aliphatic rings. The Morgan fingerprint density at radius 2 is 1.54 bits per heavy atom. The summed E-state index contributed by atoms with van der Waals surface area (Å²) in [6.07, 6.45) is 4.83. The van der Waals surface area contributed by atoms with Crippen LogP contribution in [0.4, 0.5) is 0 Å². The zero-order valence-corrected chi connectivity index (χ0v) is 18.2. The zero-order chi connectivity index (χ0) is 19.1. The van der Waals surface area contributed by atoms with Gasteiger partial charge in [-0.25, -0.2) is 14.4 Å². The van der Waals surface area contributed by atoms with Crippen LogP contribution in [0, 0.1) is 6.92 Å². The highest BCUT2D eigenvalue weighted by molar-refractivity contribution is 7.57. The van der Waals surface area contributed by atoms with Crippen molar-refractivity contribution in [3.8, 4) is 0 Å². The predicted octanol–water partition coefficient (Wildman–Crippen LogP) is 5.50. The van der Waals surface area contributed by atoms with Gasteiger partial charge >= 0.3 is 0 Å². The molecule has 0 bridgehead atoms. The molecule has 1 aliphatic carbocycles. The Kier molecular flexibility index (Phi) is 5.99. The predicted molar refractivity (Wildman–Crippen MR) is 110 cm³/mol. The molecule has 3 rings (SSSR count). The number of benzene rings is 1. The summed E-state index contributed by atoms with van der Waals surface area (Å²) in [4.78, 5) is 0. The molecular weight excluding hydrogens is 341 g/mol. The fourth-order valence-electron chi connectivity index (χ4n) is 5.02. The van der Waals surface area contributed by atoms with E-state index in [9.17, 15) is 4.57 Å². The lowest BCUT2D eigenvalue weighted by molar-refractivity contribution is 0.173. The number of aryl methyl sites for hydroxylation is 1. The smallest absolute Gasteiger partial charge is 0.270 e. The largest absolute Gasteiger partial charge is 0.285 e. The maximum atomic E-state index is 14.5. The quantitative estimate of drug-likeness (QED) is 0.687. The summed E-state index contributed by atoms with van der Waals surface area (Å²) in [6, 6.07) is 9.97. The minimum atomic E-state index is -2.83. The monoisotopic (exact) mass is 377 g/mol. The fraction of sp³-hybridized carbons (Fsp3) is 0.714. The van der Waals surface area contributed by atoms with E-state index in [-0.39, 0.29) is 18.1 Å². The molecule has 3 atom stereocenters. The van der Waals surface area contributed by atoms with Crippen LogP contribution in [0.2, 0.25) is 0 Å². The minimum absolute atomic E-state index is 0.0587. The first-order valence-corrected chi connectivity index (χ1v) is 11.9.